The second-order valence-electron chi connectivity index (χ2n) is 10.4. The summed E-state index contributed by atoms with van der Waals surface area (Å²) in [5.74, 6) is 0.832. The lowest BCUT2D eigenvalue weighted by Crippen LogP contribution is -2.31. The first kappa shape index (κ1) is 32.3. The number of amides is 3. The number of hydrogen-bond acceptors (Lipinski definition) is 8. The van der Waals surface area contributed by atoms with E-state index in [1.807, 2.05) is 39.0 Å². The second-order valence-corrected chi connectivity index (χ2v) is 11.3. The van der Waals surface area contributed by atoms with E-state index in [-0.39, 0.29) is 35.1 Å². The van der Waals surface area contributed by atoms with Crippen LogP contribution in [0.2, 0.25) is 0 Å². The topological polar surface area (TPSA) is 120 Å². The first-order valence-electron chi connectivity index (χ1n) is 13.9. The van der Waals surface area contributed by atoms with Gasteiger partial charge < -0.3 is 19.5 Å². The van der Waals surface area contributed by atoms with Crippen molar-refractivity contribution >= 4 is 40.2 Å². The fourth-order valence-corrected chi connectivity index (χ4v) is 5.41. The van der Waals surface area contributed by atoms with Gasteiger partial charge in [-0.3, -0.25) is 9.69 Å². The molecule has 15 heteroatoms. The number of aromatic nitrogens is 3. The summed E-state index contributed by atoms with van der Waals surface area (Å²) in [4.78, 5) is 35.7. The number of methoxy groups -OCH3 is 1. The van der Waals surface area contributed by atoms with Gasteiger partial charge in [0.1, 0.15) is 30.2 Å². The Morgan fingerprint density at radius 3 is 2.52 bits per heavy atom. The molecule has 0 aliphatic carbocycles. The van der Waals surface area contributed by atoms with Crippen LogP contribution in [0.5, 0.6) is 17.2 Å². The number of halogens is 3. The van der Waals surface area contributed by atoms with Crippen molar-refractivity contribution in [3.8, 4) is 22.9 Å². The van der Waals surface area contributed by atoms with Crippen LogP contribution >= 0.6 is 11.8 Å². The zero-order chi connectivity index (χ0) is 33.0. The summed E-state index contributed by atoms with van der Waals surface area (Å²) in [5, 5.41) is 7.27. The standard InChI is InChI=1S/C31H29F3N6O5S/c1-18(2)23-11-5-19(3)13-25(23)40-28(41)16-46-30(40)37-29(42)36-24-12-10-22(14-26(24)43-4)44-15-27-35-17-39(38-27)20-6-8-21(9-7-20)45-31(32,33)34/h5-14,17-18H,15-16H2,1-4H3,(H,36,42). The minimum absolute atomic E-state index is 0.0246. The minimum Gasteiger partial charge on any atom is -0.494 e. The Labute approximate surface area is 266 Å². The van der Waals surface area contributed by atoms with Crippen LogP contribution in [0.25, 0.3) is 5.69 Å². The smallest absolute Gasteiger partial charge is 0.494 e. The molecule has 240 valence electrons. The van der Waals surface area contributed by atoms with Crippen molar-refractivity contribution in [3.05, 3.63) is 83.9 Å². The summed E-state index contributed by atoms with van der Waals surface area (Å²) < 4.78 is 53.7. The van der Waals surface area contributed by atoms with Crippen LogP contribution in [-0.4, -0.2) is 51.1 Å². The number of carbonyl (C=O) groups excluding carboxylic acids is 2. The van der Waals surface area contributed by atoms with Gasteiger partial charge >= 0.3 is 12.4 Å². The third kappa shape index (κ3) is 7.77. The van der Waals surface area contributed by atoms with Gasteiger partial charge in [-0.25, -0.2) is 14.5 Å². The molecule has 3 aromatic carbocycles. The van der Waals surface area contributed by atoms with Crippen molar-refractivity contribution < 1.29 is 37.0 Å². The number of ether oxygens (including phenoxy) is 3. The molecule has 11 nitrogen and oxygen atoms in total. The molecule has 0 saturated carbocycles. The summed E-state index contributed by atoms with van der Waals surface area (Å²) >= 11 is 1.19. The van der Waals surface area contributed by atoms with E-state index >= 15 is 0 Å². The molecule has 46 heavy (non-hydrogen) atoms. The number of alkyl halides is 3. The predicted molar refractivity (Wildman–Crippen MR) is 167 cm³/mol. The number of nitrogens with zero attached hydrogens (tertiary/aromatic N) is 5. The van der Waals surface area contributed by atoms with Gasteiger partial charge in [-0.2, -0.15) is 4.99 Å². The first-order chi connectivity index (χ1) is 21.9. The normalized spacial score (nSPS) is 14.2. The highest BCUT2D eigenvalue weighted by Gasteiger charge is 2.33. The minimum atomic E-state index is -4.78. The average Bonchev–Trinajstić information content (AvgIpc) is 3.62. The van der Waals surface area contributed by atoms with Gasteiger partial charge in [0, 0.05) is 6.07 Å². The maximum atomic E-state index is 13.0. The first-order valence-corrected chi connectivity index (χ1v) is 14.9. The Bertz CT molecular complexity index is 1780. The molecule has 2 heterocycles. The van der Waals surface area contributed by atoms with E-state index in [4.69, 9.17) is 9.47 Å². The van der Waals surface area contributed by atoms with Gasteiger partial charge in [-0.1, -0.05) is 37.7 Å². The van der Waals surface area contributed by atoms with Crippen LogP contribution in [-0.2, 0) is 11.4 Å². The maximum absolute atomic E-state index is 13.0. The fraction of sp³-hybridized carbons (Fsp3) is 0.258. The van der Waals surface area contributed by atoms with Gasteiger partial charge in [0.15, 0.2) is 11.0 Å². The summed E-state index contributed by atoms with van der Waals surface area (Å²) in [7, 11) is 1.44. The molecule has 1 aliphatic rings. The molecule has 3 amide bonds. The molecular formula is C31H29F3N6O5S. The van der Waals surface area contributed by atoms with Crippen LogP contribution in [0.1, 0.15) is 36.7 Å². The Balaban J connectivity index is 1.24. The molecule has 0 atom stereocenters. The number of hydrogen-bond donors (Lipinski definition) is 1. The molecule has 1 N–H and O–H groups in total. The van der Waals surface area contributed by atoms with Crippen LogP contribution in [0.4, 0.5) is 29.3 Å². The predicted octanol–water partition coefficient (Wildman–Crippen LogP) is 6.85. The van der Waals surface area contributed by atoms with E-state index in [0.29, 0.717) is 34.4 Å². The van der Waals surface area contributed by atoms with Gasteiger partial charge in [0.2, 0.25) is 5.91 Å². The monoisotopic (exact) mass is 654 g/mol. The molecule has 0 unspecified atom stereocenters. The number of rotatable bonds is 9. The SMILES string of the molecule is COc1cc(OCc2ncn(-c3ccc(OC(F)(F)F)cc3)n2)ccc1NC(=O)N=C1SCC(=O)N1c1cc(C)ccc1C(C)C. The number of urea groups is 1. The second kappa shape index (κ2) is 13.5. The number of benzene rings is 3. The highest BCUT2D eigenvalue weighted by molar-refractivity contribution is 8.15. The summed E-state index contributed by atoms with van der Waals surface area (Å²) in [6.07, 6.45) is -3.38. The number of aryl methyl sites for hydroxylation is 1. The Morgan fingerprint density at radius 2 is 1.83 bits per heavy atom. The highest BCUT2D eigenvalue weighted by Crippen LogP contribution is 2.35. The summed E-state index contributed by atoms with van der Waals surface area (Å²) in [5.41, 5.74) is 3.48. The van der Waals surface area contributed by atoms with E-state index in [2.05, 4.69) is 25.1 Å². The molecule has 1 fully saturated rings. The summed E-state index contributed by atoms with van der Waals surface area (Å²) in [6, 6.07) is 15.2. The maximum Gasteiger partial charge on any atom is 0.573 e. The molecule has 1 saturated heterocycles. The Kier molecular flexibility index (Phi) is 9.51. The molecule has 1 aromatic heterocycles. The van der Waals surface area contributed by atoms with E-state index in [0.717, 1.165) is 11.1 Å². The molecule has 5 rings (SSSR count). The molecular weight excluding hydrogens is 625 g/mol. The molecule has 0 spiro atoms. The molecule has 4 aromatic rings. The fourth-order valence-electron chi connectivity index (χ4n) is 4.55. The number of nitrogens with one attached hydrogen (secondary N) is 1. The number of aliphatic imine (C=N–C) groups is 1. The quantitative estimate of drug-likeness (QED) is 0.208. The Hall–Kier alpha value is -5.05. The third-order valence-electron chi connectivity index (χ3n) is 6.67. The largest absolute Gasteiger partial charge is 0.573 e. The van der Waals surface area contributed by atoms with E-state index in [1.54, 1.807) is 18.2 Å². The molecule has 0 radical (unpaired) electrons. The average molecular weight is 655 g/mol. The lowest BCUT2D eigenvalue weighted by molar-refractivity contribution is -0.274. The van der Waals surface area contributed by atoms with Crippen molar-refractivity contribution in [2.24, 2.45) is 4.99 Å². The van der Waals surface area contributed by atoms with Crippen molar-refractivity contribution in [2.45, 2.75) is 39.7 Å². The van der Waals surface area contributed by atoms with Crippen LogP contribution in [0, 0.1) is 6.92 Å². The van der Waals surface area contributed by atoms with Crippen molar-refractivity contribution in [1.82, 2.24) is 14.8 Å². The van der Waals surface area contributed by atoms with E-state index in [9.17, 15) is 22.8 Å². The van der Waals surface area contributed by atoms with Gasteiger partial charge in [-0.15, -0.1) is 18.3 Å². The molecule has 0 bridgehead atoms. The van der Waals surface area contributed by atoms with Crippen molar-refractivity contribution in [3.63, 3.8) is 0 Å². The van der Waals surface area contributed by atoms with Crippen LogP contribution in [0.3, 0.4) is 0 Å². The Morgan fingerprint density at radius 1 is 1.09 bits per heavy atom. The van der Waals surface area contributed by atoms with Crippen molar-refractivity contribution in [1.29, 1.82) is 0 Å². The van der Waals surface area contributed by atoms with Gasteiger partial charge in [0.05, 0.1) is 29.9 Å². The van der Waals surface area contributed by atoms with Crippen LogP contribution < -0.4 is 24.4 Å². The number of thioether (sulfide) groups is 1. The zero-order valence-corrected chi connectivity index (χ0v) is 26.0. The van der Waals surface area contributed by atoms with Crippen molar-refractivity contribution in [2.75, 3.05) is 23.1 Å². The molecule has 1 aliphatic heterocycles. The number of anilines is 2. The van der Waals surface area contributed by atoms with E-state index < -0.39 is 12.4 Å². The lowest BCUT2D eigenvalue weighted by atomic mass is 9.99. The third-order valence-corrected chi connectivity index (χ3v) is 7.59. The summed E-state index contributed by atoms with van der Waals surface area (Å²) in [6.45, 7) is 5.99. The van der Waals surface area contributed by atoms with E-state index in [1.165, 1.54) is 59.0 Å². The number of amidine groups is 1. The zero-order valence-electron chi connectivity index (χ0n) is 25.2. The van der Waals surface area contributed by atoms with Gasteiger partial charge in [0.25, 0.3) is 0 Å². The number of carbonyl (C=O) groups is 2. The highest BCUT2D eigenvalue weighted by atomic mass is 32.2. The van der Waals surface area contributed by atoms with Gasteiger partial charge in [-0.05, 0) is 66.4 Å². The van der Waals surface area contributed by atoms with Crippen LogP contribution in [0.15, 0.2) is 72.0 Å². The lowest BCUT2D eigenvalue weighted by Gasteiger charge is -2.22.